The SMILES string of the molecule is CCCCCCCCCCCCCCCCCCCCC(O)CC(=O)NC(CO)C(O)CCCCCCCCCCC. The van der Waals surface area contributed by atoms with Gasteiger partial charge in [0.05, 0.1) is 31.3 Å². The van der Waals surface area contributed by atoms with E-state index in [9.17, 15) is 20.1 Å². The largest absolute Gasteiger partial charge is 0.394 e. The maximum Gasteiger partial charge on any atom is 0.222 e. The second-order valence-corrected chi connectivity index (χ2v) is 13.2. The van der Waals surface area contributed by atoms with E-state index in [1.54, 1.807) is 0 Å². The summed E-state index contributed by atoms with van der Waals surface area (Å²) in [5, 5.41) is 33.1. The molecule has 0 heterocycles. The number of hydrogen-bond donors (Lipinski definition) is 4. The van der Waals surface area contributed by atoms with E-state index in [1.807, 2.05) is 0 Å². The van der Waals surface area contributed by atoms with Gasteiger partial charge in [-0.3, -0.25) is 4.79 Å². The number of hydrogen-bond acceptors (Lipinski definition) is 4. The van der Waals surface area contributed by atoms with Crippen molar-refractivity contribution >= 4 is 5.91 Å². The monoisotopic (exact) mass is 598 g/mol. The number of aliphatic hydroxyl groups is 3. The third-order valence-corrected chi connectivity index (χ3v) is 8.92. The van der Waals surface area contributed by atoms with Gasteiger partial charge in [-0.15, -0.1) is 0 Å². The summed E-state index contributed by atoms with van der Waals surface area (Å²) < 4.78 is 0. The second kappa shape index (κ2) is 33.2. The molecular weight excluding hydrogens is 522 g/mol. The van der Waals surface area contributed by atoms with Crippen LogP contribution in [0.2, 0.25) is 0 Å². The average molecular weight is 598 g/mol. The average Bonchev–Trinajstić information content (AvgIpc) is 2.98. The van der Waals surface area contributed by atoms with E-state index in [0.717, 1.165) is 25.7 Å². The molecule has 0 saturated carbocycles. The first-order chi connectivity index (χ1) is 20.5. The predicted molar refractivity (Wildman–Crippen MR) is 181 cm³/mol. The van der Waals surface area contributed by atoms with Gasteiger partial charge < -0.3 is 20.6 Å². The molecule has 4 N–H and O–H groups in total. The number of carbonyl (C=O) groups is 1. The first-order valence-electron chi connectivity index (χ1n) is 18.8. The zero-order chi connectivity index (χ0) is 30.9. The smallest absolute Gasteiger partial charge is 0.222 e. The van der Waals surface area contributed by atoms with E-state index >= 15 is 0 Å². The maximum atomic E-state index is 12.3. The minimum absolute atomic E-state index is 0.0419. The van der Waals surface area contributed by atoms with Crippen molar-refractivity contribution < 1.29 is 20.1 Å². The Morgan fingerprint density at radius 1 is 0.500 bits per heavy atom. The van der Waals surface area contributed by atoms with Gasteiger partial charge in [0.25, 0.3) is 0 Å². The highest BCUT2D eigenvalue weighted by molar-refractivity contribution is 5.76. The molecule has 5 nitrogen and oxygen atoms in total. The Hall–Kier alpha value is -0.650. The standard InChI is InChI=1S/C37H75NO4/c1-3-5-7-9-11-13-14-15-16-17-18-19-20-21-23-24-26-28-30-34(40)32-37(42)38-35(33-39)36(41)31-29-27-25-22-12-10-8-6-4-2/h34-36,39-41H,3-33H2,1-2H3,(H,38,42). The van der Waals surface area contributed by atoms with E-state index in [-0.39, 0.29) is 18.9 Å². The van der Waals surface area contributed by atoms with Crippen LogP contribution in [0.3, 0.4) is 0 Å². The number of unbranched alkanes of at least 4 members (excludes halogenated alkanes) is 25. The van der Waals surface area contributed by atoms with Crippen LogP contribution in [0.4, 0.5) is 0 Å². The number of nitrogens with one attached hydrogen (secondary N) is 1. The molecule has 42 heavy (non-hydrogen) atoms. The van der Waals surface area contributed by atoms with E-state index in [2.05, 4.69) is 19.2 Å². The van der Waals surface area contributed by atoms with Crippen LogP contribution >= 0.6 is 0 Å². The van der Waals surface area contributed by atoms with Gasteiger partial charge >= 0.3 is 0 Å². The zero-order valence-corrected chi connectivity index (χ0v) is 28.4. The lowest BCUT2D eigenvalue weighted by molar-refractivity contribution is -0.125. The summed E-state index contributed by atoms with van der Waals surface area (Å²) in [6.45, 7) is 4.24. The first-order valence-corrected chi connectivity index (χ1v) is 18.8. The van der Waals surface area contributed by atoms with Crippen LogP contribution in [0.25, 0.3) is 0 Å². The Bertz CT molecular complexity index is 544. The molecule has 0 aliphatic rings. The summed E-state index contributed by atoms with van der Waals surface area (Å²) in [6.07, 6.45) is 34.9. The summed E-state index contributed by atoms with van der Waals surface area (Å²) in [7, 11) is 0. The van der Waals surface area contributed by atoms with Crippen LogP contribution in [0.1, 0.15) is 206 Å². The molecule has 1 amide bonds. The van der Waals surface area contributed by atoms with Crippen LogP contribution in [0, 0.1) is 0 Å². The molecule has 0 aromatic carbocycles. The summed E-state index contributed by atoms with van der Waals surface area (Å²) in [5.41, 5.74) is 0. The Labute approximate surface area is 262 Å². The summed E-state index contributed by atoms with van der Waals surface area (Å²) in [4.78, 5) is 12.3. The van der Waals surface area contributed by atoms with Gasteiger partial charge in [-0.05, 0) is 12.8 Å². The molecule has 0 aliphatic carbocycles. The topological polar surface area (TPSA) is 89.8 Å². The quantitative estimate of drug-likeness (QED) is 0.0556. The molecule has 0 saturated heterocycles. The highest BCUT2D eigenvalue weighted by Gasteiger charge is 2.21. The van der Waals surface area contributed by atoms with E-state index in [1.165, 1.54) is 148 Å². The molecular formula is C37H75NO4. The van der Waals surface area contributed by atoms with Crippen molar-refractivity contribution in [3.63, 3.8) is 0 Å². The molecule has 0 fully saturated rings. The van der Waals surface area contributed by atoms with Crippen LogP contribution in [-0.2, 0) is 4.79 Å². The lowest BCUT2D eigenvalue weighted by Crippen LogP contribution is -2.46. The molecule has 0 radical (unpaired) electrons. The minimum atomic E-state index is -0.740. The molecule has 0 bridgehead atoms. The molecule has 3 atom stereocenters. The first kappa shape index (κ1) is 41.4. The molecule has 5 heteroatoms. The van der Waals surface area contributed by atoms with Crippen molar-refractivity contribution in [1.82, 2.24) is 5.32 Å². The molecule has 0 spiro atoms. The fourth-order valence-corrected chi connectivity index (χ4v) is 5.99. The van der Waals surface area contributed by atoms with Gasteiger partial charge in [0.2, 0.25) is 5.91 Å². The second-order valence-electron chi connectivity index (χ2n) is 13.2. The Kier molecular flexibility index (Phi) is 32.7. The third kappa shape index (κ3) is 29.4. The summed E-state index contributed by atoms with van der Waals surface area (Å²) in [5.74, 6) is -0.282. The Morgan fingerprint density at radius 2 is 0.810 bits per heavy atom. The fraction of sp³-hybridized carbons (Fsp3) is 0.973. The van der Waals surface area contributed by atoms with Crippen LogP contribution < -0.4 is 5.32 Å². The van der Waals surface area contributed by atoms with Crippen molar-refractivity contribution in [2.45, 2.75) is 225 Å². The van der Waals surface area contributed by atoms with Crippen LogP contribution in [0.15, 0.2) is 0 Å². The van der Waals surface area contributed by atoms with Crippen molar-refractivity contribution in [2.24, 2.45) is 0 Å². The minimum Gasteiger partial charge on any atom is -0.394 e. The number of carbonyl (C=O) groups excluding carboxylic acids is 1. The highest BCUT2D eigenvalue weighted by Crippen LogP contribution is 2.16. The molecule has 0 aliphatic heterocycles. The summed E-state index contributed by atoms with van der Waals surface area (Å²) in [6, 6.07) is -0.649. The third-order valence-electron chi connectivity index (χ3n) is 8.92. The van der Waals surface area contributed by atoms with Crippen molar-refractivity contribution in [3.05, 3.63) is 0 Å². The maximum absolute atomic E-state index is 12.3. The highest BCUT2D eigenvalue weighted by atomic mass is 16.3. The normalized spacial score (nSPS) is 13.7. The predicted octanol–water partition coefficient (Wildman–Crippen LogP) is 9.93. The zero-order valence-electron chi connectivity index (χ0n) is 28.4. The molecule has 3 unspecified atom stereocenters. The Morgan fingerprint density at radius 3 is 1.14 bits per heavy atom. The number of rotatable bonds is 34. The van der Waals surface area contributed by atoms with Crippen LogP contribution in [0.5, 0.6) is 0 Å². The van der Waals surface area contributed by atoms with Crippen molar-refractivity contribution in [3.8, 4) is 0 Å². The lowest BCUT2D eigenvalue weighted by Gasteiger charge is -2.23. The Balaban J connectivity index is 3.58. The van der Waals surface area contributed by atoms with Gasteiger partial charge in [-0.2, -0.15) is 0 Å². The van der Waals surface area contributed by atoms with E-state index in [4.69, 9.17) is 0 Å². The number of amides is 1. The lowest BCUT2D eigenvalue weighted by atomic mass is 10.0. The van der Waals surface area contributed by atoms with Gasteiger partial charge in [0, 0.05) is 0 Å². The summed E-state index contributed by atoms with van der Waals surface area (Å²) >= 11 is 0. The van der Waals surface area contributed by atoms with Gasteiger partial charge in [-0.25, -0.2) is 0 Å². The van der Waals surface area contributed by atoms with E-state index in [0.29, 0.717) is 12.8 Å². The van der Waals surface area contributed by atoms with Crippen molar-refractivity contribution in [1.29, 1.82) is 0 Å². The van der Waals surface area contributed by atoms with Gasteiger partial charge in [0.1, 0.15) is 0 Å². The van der Waals surface area contributed by atoms with Crippen molar-refractivity contribution in [2.75, 3.05) is 6.61 Å². The molecule has 0 rings (SSSR count). The van der Waals surface area contributed by atoms with E-state index < -0.39 is 18.2 Å². The fourth-order valence-electron chi connectivity index (χ4n) is 5.99. The molecule has 0 aromatic heterocycles. The van der Waals surface area contributed by atoms with Crippen LogP contribution in [-0.4, -0.2) is 46.1 Å². The van der Waals surface area contributed by atoms with Gasteiger partial charge in [-0.1, -0.05) is 187 Å². The molecule has 0 aromatic rings. The molecule has 252 valence electrons. The number of aliphatic hydroxyl groups excluding tert-OH is 3. The van der Waals surface area contributed by atoms with Gasteiger partial charge in [0.15, 0.2) is 0 Å².